The van der Waals surface area contributed by atoms with Gasteiger partial charge in [0.05, 0.1) is 16.3 Å². The second-order valence-electron chi connectivity index (χ2n) is 6.38. The summed E-state index contributed by atoms with van der Waals surface area (Å²) in [4.78, 5) is 16.9. The zero-order chi connectivity index (χ0) is 20.2. The van der Waals surface area contributed by atoms with Crippen molar-refractivity contribution in [2.75, 3.05) is 0 Å². The molecule has 0 bridgehead atoms. The van der Waals surface area contributed by atoms with Gasteiger partial charge in [-0.15, -0.1) is 0 Å². The van der Waals surface area contributed by atoms with E-state index in [1.54, 1.807) is 36.7 Å². The number of pyridine rings is 1. The van der Waals surface area contributed by atoms with Gasteiger partial charge in [0.1, 0.15) is 5.69 Å². The SMILES string of the molecule is O=C(NCc1cccnc1-c1ccco1)c1ccc(-c2ccc(Cl)c(Cl)c2)cc1. The Morgan fingerprint density at radius 1 is 0.931 bits per heavy atom. The number of furan rings is 1. The van der Waals surface area contributed by atoms with Crippen LogP contribution in [0.15, 0.2) is 83.6 Å². The van der Waals surface area contributed by atoms with E-state index in [-0.39, 0.29) is 5.91 Å². The molecule has 0 radical (unpaired) electrons. The molecule has 0 spiro atoms. The van der Waals surface area contributed by atoms with Gasteiger partial charge in [-0.25, -0.2) is 0 Å². The van der Waals surface area contributed by atoms with Crippen molar-refractivity contribution < 1.29 is 9.21 Å². The number of benzene rings is 2. The molecule has 4 rings (SSSR count). The number of nitrogens with zero attached hydrogens (tertiary/aromatic N) is 1. The first kappa shape index (κ1) is 19.2. The van der Waals surface area contributed by atoms with E-state index in [1.165, 1.54) is 0 Å². The molecule has 2 heterocycles. The molecule has 0 aliphatic heterocycles. The van der Waals surface area contributed by atoms with Crippen LogP contribution >= 0.6 is 23.2 Å². The van der Waals surface area contributed by atoms with Gasteiger partial charge in [0.25, 0.3) is 5.91 Å². The summed E-state index contributed by atoms with van der Waals surface area (Å²) in [5.74, 6) is 0.501. The summed E-state index contributed by atoms with van der Waals surface area (Å²) in [6.07, 6.45) is 3.30. The van der Waals surface area contributed by atoms with E-state index in [0.29, 0.717) is 33.6 Å². The highest BCUT2D eigenvalue weighted by atomic mass is 35.5. The Labute approximate surface area is 178 Å². The number of hydrogen-bond donors (Lipinski definition) is 1. The fourth-order valence-corrected chi connectivity index (χ4v) is 3.28. The van der Waals surface area contributed by atoms with E-state index in [1.807, 2.05) is 42.5 Å². The molecule has 0 saturated carbocycles. The second kappa shape index (κ2) is 8.52. The van der Waals surface area contributed by atoms with Crippen molar-refractivity contribution in [1.29, 1.82) is 0 Å². The monoisotopic (exact) mass is 422 g/mol. The number of carbonyl (C=O) groups excluding carboxylic acids is 1. The number of amides is 1. The van der Waals surface area contributed by atoms with Gasteiger partial charge >= 0.3 is 0 Å². The van der Waals surface area contributed by atoms with Crippen molar-refractivity contribution in [1.82, 2.24) is 10.3 Å². The lowest BCUT2D eigenvalue weighted by atomic mass is 10.0. The Morgan fingerprint density at radius 3 is 2.45 bits per heavy atom. The first-order valence-corrected chi connectivity index (χ1v) is 9.69. The molecule has 144 valence electrons. The predicted octanol–water partition coefficient (Wildman–Crippen LogP) is 6.25. The lowest BCUT2D eigenvalue weighted by Gasteiger charge is -2.09. The molecule has 2 aromatic heterocycles. The molecule has 6 heteroatoms. The standard InChI is InChI=1S/C23H16Cl2N2O2/c24-19-10-9-17(13-20(19)25)15-5-7-16(8-6-15)23(28)27-14-18-3-1-11-26-22(18)21-4-2-12-29-21/h1-13H,14H2,(H,27,28). The summed E-state index contributed by atoms with van der Waals surface area (Å²) < 4.78 is 5.43. The largest absolute Gasteiger partial charge is 0.463 e. The third-order valence-corrected chi connectivity index (χ3v) is 5.22. The van der Waals surface area contributed by atoms with Crippen LogP contribution in [0.4, 0.5) is 0 Å². The Hall–Kier alpha value is -3.08. The molecule has 0 aliphatic rings. The molecule has 29 heavy (non-hydrogen) atoms. The highest BCUT2D eigenvalue weighted by molar-refractivity contribution is 6.42. The maximum atomic E-state index is 12.6. The van der Waals surface area contributed by atoms with Crippen molar-refractivity contribution in [2.24, 2.45) is 0 Å². The normalized spacial score (nSPS) is 10.7. The third kappa shape index (κ3) is 4.34. The van der Waals surface area contributed by atoms with Crippen LogP contribution in [0, 0.1) is 0 Å². The van der Waals surface area contributed by atoms with Crippen LogP contribution < -0.4 is 5.32 Å². The van der Waals surface area contributed by atoms with Crippen LogP contribution in [-0.4, -0.2) is 10.9 Å². The lowest BCUT2D eigenvalue weighted by Crippen LogP contribution is -2.23. The molecule has 2 aromatic carbocycles. The van der Waals surface area contributed by atoms with E-state index < -0.39 is 0 Å². The second-order valence-corrected chi connectivity index (χ2v) is 7.19. The Balaban J connectivity index is 1.47. The van der Waals surface area contributed by atoms with Crippen LogP contribution in [-0.2, 0) is 6.54 Å². The minimum Gasteiger partial charge on any atom is -0.463 e. The molecular weight excluding hydrogens is 407 g/mol. The van der Waals surface area contributed by atoms with Gasteiger partial charge in [0, 0.05) is 23.9 Å². The summed E-state index contributed by atoms with van der Waals surface area (Å²) in [7, 11) is 0. The van der Waals surface area contributed by atoms with Gasteiger partial charge < -0.3 is 9.73 Å². The van der Waals surface area contributed by atoms with Gasteiger partial charge in [-0.3, -0.25) is 9.78 Å². The number of rotatable bonds is 5. The topological polar surface area (TPSA) is 55.1 Å². The van der Waals surface area contributed by atoms with Crippen molar-refractivity contribution in [3.63, 3.8) is 0 Å². The average molecular weight is 423 g/mol. The molecule has 1 amide bonds. The van der Waals surface area contributed by atoms with E-state index in [4.69, 9.17) is 27.6 Å². The molecule has 0 atom stereocenters. The number of carbonyl (C=O) groups is 1. The third-order valence-electron chi connectivity index (χ3n) is 4.49. The zero-order valence-corrected chi connectivity index (χ0v) is 16.7. The van der Waals surface area contributed by atoms with Crippen LogP contribution in [0.1, 0.15) is 15.9 Å². The molecule has 0 fully saturated rings. The summed E-state index contributed by atoms with van der Waals surface area (Å²) in [6.45, 7) is 0.344. The van der Waals surface area contributed by atoms with Crippen LogP contribution in [0.2, 0.25) is 10.0 Å². The fraction of sp³-hybridized carbons (Fsp3) is 0.0435. The molecule has 0 aliphatic carbocycles. The van der Waals surface area contributed by atoms with Gasteiger partial charge in [-0.05, 0) is 53.6 Å². The minimum absolute atomic E-state index is 0.167. The number of aromatic nitrogens is 1. The maximum absolute atomic E-state index is 12.6. The lowest BCUT2D eigenvalue weighted by molar-refractivity contribution is 0.0951. The van der Waals surface area contributed by atoms with Crippen LogP contribution in [0.5, 0.6) is 0 Å². The van der Waals surface area contributed by atoms with Crippen molar-refractivity contribution >= 4 is 29.1 Å². The van der Waals surface area contributed by atoms with Gasteiger partial charge in [-0.2, -0.15) is 0 Å². The quantitative estimate of drug-likeness (QED) is 0.413. The molecular formula is C23H16Cl2N2O2. The Kier molecular flexibility index (Phi) is 5.65. The summed E-state index contributed by atoms with van der Waals surface area (Å²) in [6, 6.07) is 20.2. The molecule has 4 aromatic rings. The first-order chi connectivity index (χ1) is 14.1. The minimum atomic E-state index is -0.167. The highest BCUT2D eigenvalue weighted by Crippen LogP contribution is 2.28. The maximum Gasteiger partial charge on any atom is 0.251 e. The Bertz CT molecular complexity index is 1140. The van der Waals surface area contributed by atoms with Gasteiger partial charge in [0.15, 0.2) is 5.76 Å². The highest BCUT2D eigenvalue weighted by Gasteiger charge is 2.11. The van der Waals surface area contributed by atoms with Crippen molar-refractivity contribution in [2.45, 2.75) is 6.54 Å². The van der Waals surface area contributed by atoms with Crippen LogP contribution in [0.25, 0.3) is 22.6 Å². The van der Waals surface area contributed by atoms with Crippen molar-refractivity contribution in [3.05, 3.63) is 100 Å². The van der Waals surface area contributed by atoms with E-state index >= 15 is 0 Å². The Morgan fingerprint density at radius 2 is 1.72 bits per heavy atom. The number of hydrogen-bond acceptors (Lipinski definition) is 3. The number of halogens is 2. The predicted molar refractivity (Wildman–Crippen MR) is 115 cm³/mol. The van der Waals surface area contributed by atoms with E-state index in [2.05, 4.69) is 10.3 Å². The summed E-state index contributed by atoms with van der Waals surface area (Å²) in [5, 5.41) is 3.94. The number of nitrogens with one attached hydrogen (secondary N) is 1. The van der Waals surface area contributed by atoms with E-state index in [9.17, 15) is 4.79 Å². The smallest absolute Gasteiger partial charge is 0.251 e. The molecule has 1 N–H and O–H groups in total. The first-order valence-electron chi connectivity index (χ1n) is 8.93. The molecule has 0 unspecified atom stereocenters. The summed E-state index contributed by atoms with van der Waals surface area (Å²) >= 11 is 12.1. The molecule has 0 saturated heterocycles. The molecule has 4 nitrogen and oxygen atoms in total. The average Bonchev–Trinajstić information content (AvgIpc) is 3.29. The summed E-state index contributed by atoms with van der Waals surface area (Å²) in [5.41, 5.74) is 4.05. The van der Waals surface area contributed by atoms with Crippen LogP contribution in [0.3, 0.4) is 0 Å². The van der Waals surface area contributed by atoms with E-state index in [0.717, 1.165) is 16.7 Å². The fourth-order valence-electron chi connectivity index (χ4n) is 2.98. The van der Waals surface area contributed by atoms with Gasteiger partial charge in [0.2, 0.25) is 0 Å². The zero-order valence-electron chi connectivity index (χ0n) is 15.2. The van der Waals surface area contributed by atoms with Gasteiger partial charge in [-0.1, -0.05) is 47.5 Å². The van der Waals surface area contributed by atoms with Crippen molar-refractivity contribution in [3.8, 4) is 22.6 Å².